The number of nitrogen functional groups attached to an aromatic ring is 1. The van der Waals surface area contributed by atoms with Crippen molar-refractivity contribution in [1.82, 2.24) is 4.98 Å². The molecule has 5 nitrogen and oxygen atoms in total. The Hall–Kier alpha value is -2.17. The Morgan fingerprint density at radius 2 is 2.40 bits per heavy atom. The Balaban J connectivity index is 2.41. The van der Waals surface area contributed by atoms with Crippen LogP contribution in [0.3, 0.4) is 0 Å². The van der Waals surface area contributed by atoms with Gasteiger partial charge in [-0.25, -0.2) is 4.79 Å². The molecule has 0 atom stereocenters. The minimum atomic E-state index is -0.471. The van der Waals surface area contributed by atoms with Crippen molar-refractivity contribution in [2.45, 2.75) is 0 Å². The summed E-state index contributed by atoms with van der Waals surface area (Å²) in [6.45, 7) is 0. The molecule has 0 aliphatic heterocycles. The van der Waals surface area contributed by atoms with E-state index in [2.05, 4.69) is 9.72 Å². The lowest BCUT2D eigenvalue weighted by atomic mass is 10.2. The standard InChI is InChI=1S/C10H10N2O3/c1-14-10(13)6-5-7(12-9(6)11)8-3-2-4-15-8/h2-5,12H,11H2,1H3. The molecule has 0 saturated heterocycles. The molecule has 15 heavy (non-hydrogen) atoms. The van der Waals surface area contributed by atoms with Gasteiger partial charge in [0.25, 0.3) is 0 Å². The summed E-state index contributed by atoms with van der Waals surface area (Å²) in [6.07, 6.45) is 1.55. The molecular weight excluding hydrogens is 196 g/mol. The number of ether oxygens (including phenoxy) is 1. The monoisotopic (exact) mass is 206 g/mol. The van der Waals surface area contributed by atoms with E-state index in [-0.39, 0.29) is 5.82 Å². The number of methoxy groups -OCH3 is 1. The summed E-state index contributed by atoms with van der Waals surface area (Å²) < 4.78 is 9.74. The first-order valence-corrected chi connectivity index (χ1v) is 4.33. The highest BCUT2D eigenvalue weighted by Gasteiger charge is 2.15. The summed E-state index contributed by atoms with van der Waals surface area (Å²) in [5.74, 6) is 0.423. The molecule has 2 aromatic rings. The second kappa shape index (κ2) is 3.53. The quantitative estimate of drug-likeness (QED) is 0.732. The lowest BCUT2D eigenvalue weighted by molar-refractivity contribution is 0.0602. The van der Waals surface area contributed by atoms with Gasteiger partial charge in [0.15, 0.2) is 0 Å². The molecule has 78 valence electrons. The number of rotatable bonds is 2. The van der Waals surface area contributed by atoms with Gasteiger partial charge in [-0.15, -0.1) is 0 Å². The van der Waals surface area contributed by atoms with Crippen LogP contribution in [-0.4, -0.2) is 18.1 Å². The number of nitrogens with two attached hydrogens (primary N) is 1. The third-order valence-corrected chi connectivity index (χ3v) is 2.04. The maximum atomic E-state index is 11.3. The van der Waals surface area contributed by atoms with Crippen molar-refractivity contribution in [2.24, 2.45) is 0 Å². The summed E-state index contributed by atoms with van der Waals surface area (Å²) in [6, 6.07) is 5.12. The lowest BCUT2D eigenvalue weighted by Gasteiger charge is -1.94. The molecule has 0 radical (unpaired) electrons. The zero-order valence-corrected chi connectivity index (χ0v) is 8.11. The number of carbonyl (C=O) groups is 1. The van der Waals surface area contributed by atoms with Crippen LogP contribution in [-0.2, 0) is 4.74 Å². The molecule has 0 aromatic carbocycles. The van der Waals surface area contributed by atoms with Gasteiger partial charge in [0, 0.05) is 0 Å². The van der Waals surface area contributed by atoms with Crippen LogP contribution in [0.4, 0.5) is 5.82 Å². The van der Waals surface area contributed by atoms with E-state index < -0.39 is 5.97 Å². The third-order valence-electron chi connectivity index (χ3n) is 2.04. The van der Waals surface area contributed by atoms with E-state index >= 15 is 0 Å². The summed E-state index contributed by atoms with van der Waals surface area (Å²) >= 11 is 0. The first-order chi connectivity index (χ1) is 7.22. The molecule has 0 aliphatic carbocycles. The number of anilines is 1. The van der Waals surface area contributed by atoms with Gasteiger partial charge in [-0.05, 0) is 18.2 Å². The number of H-pyrrole nitrogens is 1. The van der Waals surface area contributed by atoms with Crippen molar-refractivity contribution in [3.05, 3.63) is 30.0 Å². The van der Waals surface area contributed by atoms with Crippen LogP contribution in [0.5, 0.6) is 0 Å². The highest BCUT2D eigenvalue weighted by molar-refractivity contribution is 5.95. The average Bonchev–Trinajstić information content (AvgIpc) is 2.84. The normalized spacial score (nSPS) is 10.2. The smallest absolute Gasteiger partial charge is 0.341 e. The highest BCUT2D eigenvalue weighted by Crippen LogP contribution is 2.23. The highest BCUT2D eigenvalue weighted by atomic mass is 16.5. The van der Waals surface area contributed by atoms with Gasteiger partial charge in [-0.3, -0.25) is 0 Å². The number of hydrogen-bond acceptors (Lipinski definition) is 4. The number of nitrogens with one attached hydrogen (secondary N) is 1. The number of carbonyl (C=O) groups excluding carboxylic acids is 1. The fraction of sp³-hybridized carbons (Fsp3) is 0.100. The van der Waals surface area contributed by atoms with Crippen LogP contribution in [0.1, 0.15) is 10.4 Å². The largest absolute Gasteiger partial charge is 0.465 e. The van der Waals surface area contributed by atoms with Crippen LogP contribution in [0.25, 0.3) is 11.5 Å². The molecule has 5 heteroatoms. The molecule has 2 heterocycles. The summed E-state index contributed by atoms with van der Waals surface area (Å²) in [7, 11) is 1.31. The number of esters is 1. The molecule has 0 fully saturated rings. The van der Waals surface area contributed by atoms with Crippen LogP contribution in [0, 0.1) is 0 Å². The van der Waals surface area contributed by atoms with Crippen molar-refractivity contribution >= 4 is 11.8 Å². The van der Waals surface area contributed by atoms with Crippen LogP contribution in [0.2, 0.25) is 0 Å². The third kappa shape index (κ3) is 1.59. The zero-order chi connectivity index (χ0) is 10.8. The molecule has 0 amide bonds. The van der Waals surface area contributed by atoms with Crippen LogP contribution < -0.4 is 5.73 Å². The van der Waals surface area contributed by atoms with E-state index in [0.29, 0.717) is 17.0 Å². The topological polar surface area (TPSA) is 81.2 Å². The van der Waals surface area contributed by atoms with Gasteiger partial charge >= 0.3 is 5.97 Å². The van der Waals surface area contributed by atoms with Crippen LogP contribution >= 0.6 is 0 Å². The van der Waals surface area contributed by atoms with Crippen molar-refractivity contribution < 1.29 is 13.9 Å². The van der Waals surface area contributed by atoms with Gasteiger partial charge in [0.1, 0.15) is 17.1 Å². The summed E-state index contributed by atoms with van der Waals surface area (Å²) in [5.41, 5.74) is 6.59. The molecular formula is C10H10N2O3. The maximum absolute atomic E-state index is 11.3. The fourth-order valence-corrected chi connectivity index (χ4v) is 1.31. The number of aromatic nitrogens is 1. The predicted molar refractivity (Wildman–Crippen MR) is 54.2 cm³/mol. The van der Waals surface area contributed by atoms with Crippen molar-refractivity contribution in [3.8, 4) is 11.5 Å². The van der Waals surface area contributed by atoms with Gasteiger partial charge in [0.05, 0.1) is 19.1 Å². The first-order valence-electron chi connectivity index (χ1n) is 4.33. The van der Waals surface area contributed by atoms with Gasteiger partial charge < -0.3 is 19.9 Å². The molecule has 0 saturated carbocycles. The van der Waals surface area contributed by atoms with Gasteiger partial charge in [-0.2, -0.15) is 0 Å². The molecule has 3 N–H and O–H groups in total. The van der Waals surface area contributed by atoms with E-state index in [1.54, 1.807) is 24.5 Å². The Labute approximate surface area is 85.8 Å². The van der Waals surface area contributed by atoms with E-state index in [4.69, 9.17) is 10.2 Å². The average molecular weight is 206 g/mol. The number of aromatic amines is 1. The van der Waals surface area contributed by atoms with E-state index in [1.165, 1.54) is 7.11 Å². The molecule has 0 unspecified atom stereocenters. The molecule has 0 aliphatic rings. The Morgan fingerprint density at radius 3 is 3.00 bits per heavy atom. The molecule has 0 bridgehead atoms. The lowest BCUT2D eigenvalue weighted by Crippen LogP contribution is -2.02. The van der Waals surface area contributed by atoms with Gasteiger partial charge in [0.2, 0.25) is 0 Å². The second-order valence-electron chi connectivity index (χ2n) is 2.98. The summed E-state index contributed by atoms with van der Waals surface area (Å²) in [4.78, 5) is 14.1. The second-order valence-corrected chi connectivity index (χ2v) is 2.98. The minimum absolute atomic E-state index is 0.272. The predicted octanol–water partition coefficient (Wildman–Crippen LogP) is 1.64. The summed E-state index contributed by atoms with van der Waals surface area (Å²) in [5, 5.41) is 0. The zero-order valence-electron chi connectivity index (χ0n) is 8.11. The van der Waals surface area contributed by atoms with E-state index in [1.807, 2.05) is 0 Å². The number of furan rings is 1. The van der Waals surface area contributed by atoms with Crippen molar-refractivity contribution in [3.63, 3.8) is 0 Å². The van der Waals surface area contributed by atoms with Crippen molar-refractivity contribution in [2.75, 3.05) is 12.8 Å². The molecule has 2 aromatic heterocycles. The van der Waals surface area contributed by atoms with Crippen molar-refractivity contribution in [1.29, 1.82) is 0 Å². The van der Waals surface area contributed by atoms with Crippen LogP contribution in [0.15, 0.2) is 28.9 Å². The Kier molecular flexibility index (Phi) is 2.21. The Morgan fingerprint density at radius 1 is 1.60 bits per heavy atom. The van der Waals surface area contributed by atoms with E-state index in [9.17, 15) is 4.79 Å². The first kappa shape index (κ1) is 9.39. The molecule has 0 spiro atoms. The minimum Gasteiger partial charge on any atom is -0.465 e. The SMILES string of the molecule is COC(=O)c1cc(-c2ccco2)[nH]c1N. The fourth-order valence-electron chi connectivity index (χ4n) is 1.31. The Bertz CT molecular complexity index is 471. The van der Waals surface area contributed by atoms with Gasteiger partial charge in [-0.1, -0.05) is 0 Å². The van der Waals surface area contributed by atoms with E-state index in [0.717, 1.165) is 0 Å². The maximum Gasteiger partial charge on any atom is 0.341 e. The molecule has 2 rings (SSSR count). The number of hydrogen-bond donors (Lipinski definition) is 2.